The van der Waals surface area contributed by atoms with E-state index >= 15 is 0 Å². The van der Waals surface area contributed by atoms with Gasteiger partial charge in [-0.1, -0.05) is 82.4 Å². The minimum Gasteiger partial charge on any atom is -0.297 e. The third-order valence-electron chi connectivity index (χ3n) is 5.27. The second-order valence-electron chi connectivity index (χ2n) is 7.18. The lowest BCUT2D eigenvalue weighted by atomic mass is 10.2. The molecule has 4 aromatic rings. The molecule has 0 aliphatic rings. The quantitative estimate of drug-likeness (QED) is 0.289. The Bertz CT molecular complexity index is 1220. The van der Waals surface area contributed by atoms with E-state index in [0.717, 1.165) is 6.07 Å². The standard InChI is InChI=1S/C26H23FO3S2/c1-2-21-18-19-25(20-26(21)27)32(28,29,30)31(22-12-6-3-7-13-22,23-14-8-4-9-15-23)24-16-10-5-11-17-24/h2-20H,1H2,(H2,28,29,30). The maximum absolute atomic E-state index is 14.7. The maximum Gasteiger partial charge on any atom is 0.151 e. The summed E-state index contributed by atoms with van der Waals surface area (Å²) in [5.74, 6) is -0.734. The van der Waals surface area contributed by atoms with Crippen LogP contribution >= 0.6 is 9.06 Å². The Hall–Kier alpha value is -3.03. The monoisotopic (exact) mass is 466 g/mol. The molecule has 4 aromatic carbocycles. The summed E-state index contributed by atoms with van der Waals surface area (Å²) < 4.78 is 53.4. The van der Waals surface area contributed by atoms with Gasteiger partial charge in [-0.2, -0.15) is 0 Å². The smallest absolute Gasteiger partial charge is 0.151 e. The van der Waals surface area contributed by atoms with Crippen molar-refractivity contribution in [1.29, 1.82) is 0 Å². The predicted molar refractivity (Wildman–Crippen MR) is 130 cm³/mol. The number of halogens is 1. The molecule has 32 heavy (non-hydrogen) atoms. The van der Waals surface area contributed by atoms with Gasteiger partial charge in [0.15, 0.2) is 8.66 Å². The lowest BCUT2D eigenvalue weighted by molar-refractivity contribution is 0.412. The van der Waals surface area contributed by atoms with Crippen molar-refractivity contribution < 1.29 is 17.7 Å². The molecule has 0 fully saturated rings. The number of benzene rings is 4. The van der Waals surface area contributed by atoms with E-state index in [1.54, 1.807) is 91.0 Å². The highest BCUT2D eigenvalue weighted by Crippen LogP contribution is 2.80. The molecule has 4 rings (SSSR count). The fourth-order valence-corrected chi connectivity index (χ4v) is 13.5. The summed E-state index contributed by atoms with van der Waals surface area (Å²) in [4.78, 5) is 1.06. The second-order valence-corrected chi connectivity index (χ2v) is 15.1. The first-order chi connectivity index (χ1) is 15.3. The minimum absolute atomic E-state index is 0.177. The molecule has 0 radical (unpaired) electrons. The third kappa shape index (κ3) is 3.32. The number of hydrogen-bond donors (Lipinski definition) is 2. The first-order valence-electron chi connectivity index (χ1n) is 9.87. The van der Waals surface area contributed by atoms with E-state index in [1.807, 2.05) is 0 Å². The Morgan fingerprint density at radius 1 is 0.719 bits per heavy atom. The third-order valence-corrected chi connectivity index (χ3v) is 15.1. The zero-order valence-electron chi connectivity index (χ0n) is 17.2. The van der Waals surface area contributed by atoms with Crippen LogP contribution in [0.3, 0.4) is 0 Å². The Morgan fingerprint density at radius 3 is 1.47 bits per heavy atom. The van der Waals surface area contributed by atoms with E-state index < -0.39 is 23.5 Å². The lowest BCUT2D eigenvalue weighted by Crippen LogP contribution is -2.38. The van der Waals surface area contributed by atoms with Crippen molar-refractivity contribution >= 4 is 23.8 Å². The molecule has 0 saturated carbocycles. The zero-order chi connectivity index (χ0) is 22.8. The molecule has 0 aliphatic heterocycles. The summed E-state index contributed by atoms with van der Waals surface area (Å²) in [7, 11) is -9.00. The van der Waals surface area contributed by atoms with Gasteiger partial charge in [0, 0.05) is 20.2 Å². The fraction of sp³-hybridized carbons (Fsp3) is 0. The van der Waals surface area contributed by atoms with Gasteiger partial charge < -0.3 is 0 Å². The number of hydrogen-bond acceptors (Lipinski definition) is 1. The van der Waals surface area contributed by atoms with Crippen LogP contribution in [0.4, 0.5) is 4.39 Å². The molecular formula is C26H23FO3S2. The molecular weight excluding hydrogens is 443 g/mol. The van der Waals surface area contributed by atoms with Crippen molar-refractivity contribution in [3.63, 3.8) is 0 Å². The van der Waals surface area contributed by atoms with Crippen molar-refractivity contribution in [3.05, 3.63) is 127 Å². The average molecular weight is 467 g/mol. The van der Waals surface area contributed by atoms with Crippen LogP contribution in [-0.2, 0) is 8.66 Å². The van der Waals surface area contributed by atoms with Crippen molar-refractivity contribution in [1.82, 2.24) is 0 Å². The van der Waals surface area contributed by atoms with Gasteiger partial charge >= 0.3 is 0 Å². The molecule has 3 nitrogen and oxygen atoms in total. The SMILES string of the molecule is C=Cc1ccc(S(=O)(O)(O)S(c2ccccc2)(c2ccccc2)c2ccccc2)cc1F. The van der Waals surface area contributed by atoms with Gasteiger partial charge in [0.2, 0.25) is 0 Å². The van der Waals surface area contributed by atoms with Crippen molar-refractivity contribution in [2.75, 3.05) is 0 Å². The summed E-state index contributed by atoms with van der Waals surface area (Å²) in [5.41, 5.74) is 0.177. The highest BCUT2D eigenvalue weighted by molar-refractivity contribution is 8.97. The van der Waals surface area contributed by atoms with Gasteiger partial charge in [-0.05, 0) is 48.5 Å². The van der Waals surface area contributed by atoms with Crippen LogP contribution in [0.5, 0.6) is 0 Å². The molecule has 0 unspecified atom stereocenters. The van der Waals surface area contributed by atoms with Crippen LogP contribution in [0.15, 0.2) is 135 Å². The van der Waals surface area contributed by atoms with E-state index in [-0.39, 0.29) is 10.5 Å². The van der Waals surface area contributed by atoms with Gasteiger partial charge in [-0.25, -0.2) is 8.60 Å². The first-order valence-corrected chi connectivity index (χ1v) is 13.9. The topological polar surface area (TPSA) is 57.5 Å². The van der Waals surface area contributed by atoms with Crippen molar-refractivity contribution in [2.24, 2.45) is 0 Å². The fourth-order valence-electron chi connectivity index (χ4n) is 3.80. The van der Waals surface area contributed by atoms with Crippen molar-refractivity contribution in [3.8, 4) is 0 Å². The van der Waals surface area contributed by atoms with E-state index in [4.69, 9.17) is 0 Å². The largest absolute Gasteiger partial charge is 0.297 e. The van der Waals surface area contributed by atoms with Crippen LogP contribution in [0.2, 0.25) is 0 Å². The number of rotatable bonds is 6. The van der Waals surface area contributed by atoms with Gasteiger partial charge in [-0.15, -0.1) is 0 Å². The molecule has 6 heteroatoms. The Morgan fingerprint density at radius 2 is 1.12 bits per heavy atom. The van der Waals surface area contributed by atoms with E-state index in [9.17, 15) is 17.7 Å². The summed E-state index contributed by atoms with van der Waals surface area (Å²) in [6.45, 7) is 3.56. The van der Waals surface area contributed by atoms with Gasteiger partial charge in [0.05, 0.1) is 4.90 Å². The van der Waals surface area contributed by atoms with E-state index in [1.165, 1.54) is 18.2 Å². The molecule has 164 valence electrons. The molecule has 0 aromatic heterocycles. The average Bonchev–Trinajstić information content (AvgIpc) is 2.81. The molecule has 0 amide bonds. The molecule has 0 atom stereocenters. The Labute approximate surface area is 188 Å². The maximum atomic E-state index is 14.7. The summed E-state index contributed by atoms with van der Waals surface area (Å²) in [5, 5.41) is 0. The van der Waals surface area contributed by atoms with E-state index in [2.05, 4.69) is 6.58 Å². The normalized spacial score (nSPS) is 13.7. The Kier molecular flexibility index (Phi) is 5.65. The van der Waals surface area contributed by atoms with E-state index in [0.29, 0.717) is 14.7 Å². The summed E-state index contributed by atoms with van der Waals surface area (Å²) in [6, 6.07) is 29.9. The highest BCUT2D eigenvalue weighted by atomic mass is 33.2. The van der Waals surface area contributed by atoms with Gasteiger partial charge in [0.1, 0.15) is 5.82 Å². The molecule has 2 N–H and O–H groups in total. The second kappa shape index (κ2) is 8.15. The van der Waals surface area contributed by atoms with Gasteiger partial charge in [-0.3, -0.25) is 9.11 Å². The van der Waals surface area contributed by atoms with Crippen molar-refractivity contribution in [2.45, 2.75) is 19.6 Å². The molecule has 0 aliphatic carbocycles. The van der Waals surface area contributed by atoms with Crippen LogP contribution in [0.25, 0.3) is 6.08 Å². The highest BCUT2D eigenvalue weighted by Gasteiger charge is 2.55. The van der Waals surface area contributed by atoms with Gasteiger partial charge in [0.25, 0.3) is 0 Å². The summed E-state index contributed by atoms with van der Waals surface area (Å²) >= 11 is 0. The molecule has 0 spiro atoms. The zero-order valence-corrected chi connectivity index (χ0v) is 18.8. The Balaban J connectivity index is 2.20. The predicted octanol–water partition coefficient (Wildman–Crippen LogP) is 7.49. The summed E-state index contributed by atoms with van der Waals surface area (Å²) in [6.07, 6.45) is 1.32. The van der Waals surface area contributed by atoms with Crippen LogP contribution < -0.4 is 0 Å². The molecule has 0 bridgehead atoms. The lowest BCUT2D eigenvalue weighted by Gasteiger charge is -2.54. The molecule has 0 saturated heterocycles. The first kappa shape index (κ1) is 22.2. The minimum atomic E-state index is -5.77. The van der Waals surface area contributed by atoms with Crippen LogP contribution in [0, 0.1) is 5.82 Å². The van der Waals surface area contributed by atoms with Crippen LogP contribution in [0.1, 0.15) is 5.56 Å². The molecule has 0 heterocycles. The van der Waals surface area contributed by atoms with Crippen LogP contribution in [-0.4, -0.2) is 13.3 Å².